The van der Waals surface area contributed by atoms with Gasteiger partial charge in [-0.1, -0.05) is 20.8 Å². The highest BCUT2D eigenvalue weighted by molar-refractivity contribution is 7.54. The number of hydrogen-bond acceptors (Lipinski definition) is 10. The zero-order valence-corrected chi connectivity index (χ0v) is 20.3. The molecule has 3 rings (SSSR count). The predicted octanol–water partition coefficient (Wildman–Crippen LogP) is -0.116. The smallest absolute Gasteiger partial charge is 0.359 e. The minimum absolute atomic E-state index is 0.0147. The number of imidazole rings is 1. The molecule has 0 amide bonds. The van der Waals surface area contributed by atoms with Crippen LogP contribution in [0.2, 0.25) is 0 Å². The van der Waals surface area contributed by atoms with Crippen LogP contribution in [0.5, 0.6) is 0 Å². The summed E-state index contributed by atoms with van der Waals surface area (Å²) in [5, 5.41) is 29.9. The maximum absolute atomic E-state index is 12.9. The Hall–Kier alpha value is -2.06. The summed E-state index contributed by atoms with van der Waals surface area (Å²) in [5.41, 5.74) is 2.36. The van der Waals surface area contributed by atoms with Gasteiger partial charge in [0.05, 0.1) is 11.7 Å². The molecular weight excluding hydrogens is 473 g/mol. The normalized spacial score (nSPS) is 27.1. The molecule has 6 atom stereocenters. The molecule has 0 radical (unpaired) electrons. The van der Waals surface area contributed by atoms with E-state index in [1.807, 2.05) is 0 Å². The zero-order valence-electron chi connectivity index (χ0n) is 19.4. The molecule has 1 aliphatic rings. The number of ether oxygens (including phenoxy) is 1. The van der Waals surface area contributed by atoms with Gasteiger partial charge in [-0.3, -0.25) is 19.3 Å². The second-order valence-corrected chi connectivity index (χ2v) is 10.9. The highest BCUT2D eigenvalue weighted by atomic mass is 31.2. The summed E-state index contributed by atoms with van der Waals surface area (Å²) in [6.45, 7) is 6.34. The van der Waals surface area contributed by atoms with E-state index in [0.29, 0.717) is 0 Å². The molecule has 192 valence electrons. The zero-order chi connectivity index (χ0) is 25.6. The largest absolute Gasteiger partial charge is 0.388 e. The van der Waals surface area contributed by atoms with E-state index in [1.165, 1.54) is 6.92 Å². The van der Waals surface area contributed by atoms with Gasteiger partial charge in [0, 0.05) is 6.42 Å². The number of aromatic nitrogens is 4. The SMILES string of the molecule is CCC(C)(CC1OC(n2c(=O)[nH]c3c(=O)[nH]c(N)nc32)C(O)C1O)OP(=O)(O)C(O)(CC)CC. The van der Waals surface area contributed by atoms with Crippen LogP contribution in [-0.4, -0.2) is 69.0 Å². The molecule has 0 bridgehead atoms. The maximum Gasteiger partial charge on any atom is 0.359 e. The number of fused-ring (bicyclic) bond motifs is 1. The fraction of sp³-hybridized carbons (Fsp3) is 0.737. The summed E-state index contributed by atoms with van der Waals surface area (Å²) in [5.74, 6) is -0.264. The Morgan fingerprint density at radius 3 is 2.35 bits per heavy atom. The molecule has 14 nitrogen and oxygen atoms in total. The minimum Gasteiger partial charge on any atom is -0.388 e. The van der Waals surface area contributed by atoms with Crippen LogP contribution in [0.15, 0.2) is 9.59 Å². The molecule has 0 spiro atoms. The highest BCUT2D eigenvalue weighted by Gasteiger charge is 2.52. The Morgan fingerprint density at radius 1 is 1.18 bits per heavy atom. The number of nitrogens with zero attached hydrogens (tertiary/aromatic N) is 2. The van der Waals surface area contributed by atoms with Gasteiger partial charge in [-0.2, -0.15) is 4.98 Å². The van der Waals surface area contributed by atoms with Gasteiger partial charge in [-0.05, 0) is 26.2 Å². The van der Waals surface area contributed by atoms with Crippen LogP contribution in [-0.2, 0) is 13.8 Å². The van der Waals surface area contributed by atoms with Gasteiger partial charge in [-0.15, -0.1) is 0 Å². The van der Waals surface area contributed by atoms with E-state index in [9.17, 15) is 34.4 Å². The van der Waals surface area contributed by atoms with Gasteiger partial charge in [0.2, 0.25) is 5.95 Å². The molecule has 15 heteroatoms. The first-order valence-electron chi connectivity index (χ1n) is 11.0. The van der Waals surface area contributed by atoms with Gasteiger partial charge in [-0.25, -0.2) is 9.36 Å². The monoisotopic (exact) mass is 505 g/mol. The van der Waals surface area contributed by atoms with Crippen molar-refractivity contribution in [1.82, 2.24) is 19.5 Å². The van der Waals surface area contributed by atoms with E-state index >= 15 is 0 Å². The lowest BCUT2D eigenvalue weighted by atomic mass is 9.93. The summed E-state index contributed by atoms with van der Waals surface area (Å²) in [6, 6.07) is 0. The van der Waals surface area contributed by atoms with E-state index in [-0.39, 0.29) is 42.8 Å². The standard InChI is InChI=1S/C19H32N5O9P/c1-5-18(4,33-34(30,31)19(29,6-2)7-3)8-9-11(25)12(26)15(32-9)24-13-10(21-17(24)28)14(27)23-16(20)22-13/h9,11-12,15,25-26,29H,5-8H2,1-4H3,(H,21,28)(H,30,31)(H3,20,22,23,27). The lowest BCUT2D eigenvalue weighted by Crippen LogP contribution is -2.40. The maximum atomic E-state index is 12.9. The third-order valence-electron chi connectivity index (χ3n) is 6.57. The number of H-pyrrole nitrogens is 2. The number of nitrogen functional groups attached to an aromatic ring is 1. The molecule has 34 heavy (non-hydrogen) atoms. The minimum atomic E-state index is -4.53. The van der Waals surface area contributed by atoms with Gasteiger partial charge < -0.3 is 35.2 Å². The second-order valence-electron chi connectivity index (χ2n) is 8.81. The molecule has 1 aliphatic heterocycles. The molecule has 8 N–H and O–H groups in total. The number of rotatable bonds is 9. The van der Waals surface area contributed by atoms with Crippen molar-refractivity contribution in [3.63, 3.8) is 0 Å². The van der Waals surface area contributed by atoms with Crippen molar-refractivity contribution in [3.05, 3.63) is 20.8 Å². The van der Waals surface area contributed by atoms with Gasteiger partial charge in [0.1, 0.15) is 12.2 Å². The predicted molar refractivity (Wildman–Crippen MR) is 121 cm³/mol. The van der Waals surface area contributed by atoms with Crippen molar-refractivity contribution in [1.29, 1.82) is 0 Å². The first kappa shape index (κ1) is 26.5. The fourth-order valence-electron chi connectivity index (χ4n) is 4.08. The summed E-state index contributed by atoms with van der Waals surface area (Å²) in [4.78, 5) is 43.6. The summed E-state index contributed by atoms with van der Waals surface area (Å²) in [6.07, 6.45) is -5.65. The second kappa shape index (κ2) is 9.19. The molecule has 3 heterocycles. The molecule has 0 aromatic carbocycles. The van der Waals surface area contributed by atoms with Crippen LogP contribution < -0.4 is 17.0 Å². The number of anilines is 1. The number of hydrogen-bond donors (Lipinski definition) is 7. The molecule has 1 fully saturated rings. The van der Waals surface area contributed by atoms with Crippen LogP contribution in [0, 0.1) is 0 Å². The average Bonchev–Trinajstić information content (AvgIpc) is 3.23. The van der Waals surface area contributed by atoms with Gasteiger partial charge >= 0.3 is 13.3 Å². The molecule has 1 saturated heterocycles. The Bertz CT molecular complexity index is 1200. The molecule has 0 saturated carbocycles. The highest BCUT2D eigenvalue weighted by Crippen LogP contribution is 2.60. The van der Waals surface area contributed by atoms with Crippen LogP contribution >= 0.6 is 7.60 Å². The van der Waals surface area contributed by atoms with Crippen molar-refractivity contribution in [2.24, 2.45) is 0 Å². The van der Waals surface area contributed by atoms with Crippen molar-refractivity contribution in [2.45, 2.75) is 88.9 Å². The van der Waals surface area contributed by atoms with E-state index in [1.54, 1.807) is 20.8 Å². The van der Waals surface area contributed by atoms with Gasteiger partial charge in [0.15, 0.2) is 22.7 Å². The Kier molecular flexibility index (Phi) is 7.17. The Labute approximate surface area is 194 Å². The number of aliphatic hydroxyl groups excluding tert-OH is 2. The number of aliphatic hydroxyl groups is 3. The lowest BCUT2D eigenvalue weighted by molar-refractivity contribution is -0.0705. The van der Waals surface area contributed by atoms with Crippen molar-refractivity contribution >= 4 is 24.7 Å². The number of nitrogens with one attached hydrogen (secondary N) is 2. The summed E-state index contributed by atoms with van der Waals surface area (Å²) < 4.78 is 25.1. The van der Waals surface area contributed by atoms with Gasteiger partial charge in [0.25, 0.3) is 5.56 Å². The molecule has 0 aliphatic carbocycles. The van der Waals surface area contributed by atoms with E-state index in [2.05, 4.69) is 15.0 Å². The van der Waals surface area contributed by atoms with Crippen molar-refractivity contribution in [3.8, 4) is 0 Å². The van der Waals surface area contributed by atoms with E-state index in [0.717, 1.165) is 4.57 Å². The van der Waals surface area contributed by atoms with E-state index in [4.69, 9.17) is 15.0 Å². The summed E-state index contributed by atoms with van der Waals surface area (Å²) in [7, 11) is -4.53. The number of aromatic amines is 2. The average molecular weight is 505 g/mol. The molecule has 6 unspecified atom stereocenters. The van der Waals surface area contributed by atoms with Crippen LogP contribution in [0.3, 0.4) is 0 Å². The van der Waals surface area contributed by atoms with E-state index < -0.39 is 54.3 Å². The van der Waals surface area contributed by atoms with Crippen LogP contribution in [0.25, 0.3) is 11.2 Å². The fourth-order valence-corrected chi connectivity index (χ4v) is 5.85. The molecule has 2 aromatic heterocycles. The third-order valence-corrected chi connectivity index (χ3v) is 8.95. The van der Waals surface area contributed by atoms with Crippen LogP contribution in [0.4, 0.5) is 5.95 Å². The summed E-state index contributed by atoms with van der Waals surface area (Å²) >= 11 is 0. The Balaban J connectivity index is 1.91. The third kappa shape index (κ3) is 4.47. The van der Waals surface area contributed by atoms with Crippen molar-refractivity contribution < 1.29 is 34.0 Å². The van der Waals surface area contributed by atoms with Crippen molar-refractivity contribution in [2.75, 3.05) is 5.73 Å². The lowest BCUT2D eigenvalue weighted by Gasteiger charge is -2.38. The number of nitrogens with two attached hydrogens (primary N) is 1. The quantitative estimate of drug-likeness (QED) is 0.222. The first-order chi connectivity index (χ1) is 15.7. The Morgan fingerprint density at radius 2 is 1.79 bits per heavy atom. The van der Waals surface area contributed by atoms with Crippen LogP contribution in [0.1, 0.15) is 59.6 Å². The topological polar surface area (TPSA) is 226 Å². The molecule has 2 aromatic rings. The molecular formula is C19H32N5O9P. The first-order valence-corrected chi connectivity index (χ1v) is 12.6.